The summed E-state index contributed by atoms with van der Waals surface area (Å²) in [5.41, 5.74) is 6.94. The molecule has 2 aromatic heterocycles. The molecule has 0 spiro atoms. The van der Waals surface area contributed by atoms with Crippen LogP contribution in [0, 0.1) is 5.92 Å². The van der Waals surface area contributed by atoms with Crippen molar-refractivity contribution in [1.82, 2.24) is 9.97 Å². The van der Waals surface area contributed by atoms with Crippen LogP contribution in [0.15, 0.2) is 46.7 Å². The summed E-state index contributed by atoms with van der Waals surface area (Å²) in [6, 6.07) is 6.11. The highest BCUT2D eigenvalue weighted by Gasteiger charge is 2.24. The van der Waals surface area contributed by atoms with Gasteiger partial charge in [-0.3, -0.25) is 4.99 Å². The zero-order chi connectivity index (χ0) is 20.1. The van der Waals surface area contributed by atoms with E-state index in [2.05, 4.69) is 35.1 Å². The molecule has 2 aliphatic rings. The highest BCUT2D eigenvalue weighted by atomic mass is 16.5. The number of rotatable bonds is 6. The zero-order valence-corrected chi connectivity index (χ0v) is 17.8. The van der Waals surface area contributed by atoms with Gasteiger partial charge in [0.1, 0.15) is 5.75 Å². The monoisotopic (exact) mass is 391 g/mol. The van der Waals surface area contributed by atoms with Gasteiger partial charge in [-0.15, -0.1) is 0 Å². The van der Waals surface area contributed by atoms with E-state index in [1.54, 1.807) is 7.11 Å². The predicted octanol–water partition coefficient (Wildman–Crippen LogP) is 6.90. The molecule has 1 unspecified atom stereocenters. The largest absolute Gasteiger partial charge is 0.494 e. The Labute approximate surface area is 174 Å². The van der Waals surface area contributed by atoms with E-state index < -0.39 is 0 Å². The number of unbranched alkanes of at least 4 members (excludes halogenated alkanes) is 1. The molecule has 29 heavy (non-hydrogen) atoms. The minimum absolute atomic E-state index is 0.665. The van der Waals surface area contributed by atoms with Crippen LogP contribution in [0.2, 0.25) is 0 Å². The fraction of sp³-hybridized carbons (Fsp3) is 0.480. The summed E-state index contributed by atoms with van der Waals surface area (Å²) >= 11 is 0. The first-order chi connectivity index (χ1) is 14.3. The number of aromatic amines is 2. The fourth-order valence-corrected chi connectivity index (χ4v) is 4.58. The molecule has 2 N–H and O–H groups in total. The van der Waals surface area contributed by atoms with Crippen molar-refractivity contribution in [3.8, 4) is 17.1 Å². The molecule has 0 aromatic carbocycles. The Hall–Kier alpha value is -2.49. The molecule has 4 heteroatoms. The van der Waals surface area contributed by atoms with Crippen LogP contribution in [0.5, 0.6) is 5.75 Å². The topological polar surface area (TPSA) is 53.2 Å². The third kappa shape index (κ3) is 4.58. The first-order valence-corrected chi connectivity index (χ1v) is 11.2. The van der Waals surface area contributed by atoms with Gasteiger partial charge in [-0.2, -0.15) is 0 Å². The molecule has 154 valence electrons. The summed E-state index contributed by atoms with van der Waals surface area (Å²) in [4.78, 5) is 11.8. The predicted molar refractivity (Wildman–Crippen MR) is 121 cm³/mol. The van der Waals surface area contributed by atoms with Crippen LogP contribution in [-0.2, 0) is 0 Å². The van der Waals surface area contributed by atoms with Crippen LogP contribution in [0.25, 0.3) is 17.5 Å². The van der Waals surface area contributed by atoms with Crippen molar-refractivity contribution in [2.75, 3.05) is 7.11 Å². The lowest BCUT2D eigenvalue weighted by Crippen LogP contribution is -2.11. The second-order valence-corrected chi connectivity index (χ2v) is 8.27. The number of H-pyrrole nitrogens is 2. The molecule has 1 aliphatic carbocycles. The molecule has 0 bridgehead atoms. The number of methoxy groups -OCH3 is 1. The molecule has 1 saturated carbocycles. The van der Waals surface area contributed by atoms with Gasteiger partial charge >= 0.3 is 0 Å². The zero-order valence-electron chi connectivity index (χ0n) is 17.8. The summed E-state index contributed by atoms with van der Waals surface area (Å²) in [5.74, 6) is 1.52. The standard InChI is InChI=1S/C25H33N3O/c1-3-4-10-18-11-7-5-6-8-12-21-20(18)15-19(27-21)16-24-25(29-2)17-23(28-24)22-13-9-14-26-22/h9,13-18,26,28H,3-8,10-12H2,1-2H3/b19-16-. The first-order valence-electron chi connectivity index (χ1n) is 11.2. The molecule has 4 nitrogen and oxygen atoms in total. The molecular weight excluding hydrogens is 358 g/mol. The van der Waals surface area contributed by atoms with E-state index in [1.807, 2.05) is 18.3 Å². The quantitative estimate of drug-likeness (QED) is 0.553. The highest BCUT2D eigenvalue weighted by Crippen LogP contribution is 2.35. The van der Waals surface area contributed by atoms with Crippen molar-refractivity contribution in [2.24, 2.45) is 10.9 Å². The lowest BCUT2D eigenvalue weighted by Gasteiger charge is -2.18. The molecule has 2 aromatic rings. The number of ether oxygens (including phenoxy) is 1. The maximum Gasteiger partial charge on any atom is 0.144 e. The smallest absolute Gasteiger partial charge is 0.144 e. The number of aromatic nitrogens is 2. The van der Waals surface area contributed by atoms with Gasteiger partial charge < -0.3 is 14.7 Å². The minimum Gasteiger partial charge on any atom is -0.494 e. The molecule has 0 radical (unpaired) electrons. The van der Waals surface area contributed by atoms with E-state index in [-0.39, 0.29) is 0 Å². The van der Waals surface area contributed by atoms with E-state index in [9.17, 15) is 0 Å². The van der Waals surface area contributed by atoms with Crippen molar-refractivity contribution in [1.29, 1.82) is 0 Å². The first kappa shape index (κ1) is 19.8. The Bertz CT molecular complexity index is 899. The summed E-state index contributed by atoms with van der Waals surface area (Å²) in [6.45, 7) is 2.29. The Morgan fingerprint density at radius 3 is 2.90 bits per heavy atom. The van der Waals surface area contributed by atoms with Gasteiger partial charge in [-0.1, -0.05) is 39.0 Å². The SMILES string of the molecule is CCCCC1CCCCCCC2=N/C(=C\c3[nH]c(-c4ccc[nH]4)cc3OC)C=C21. The maximum absolute atomic E-state index is 5.62. The third-order valence-corrected chi connectivity index (χ3v) is 6.17. The third-order valence-electron chi connectivity index (χ3n) is 6.17. The summed E-state index contributed by atoms with van der Waals surface area (Å²) in [5, 5.41) is 0. The molecular formula is C25H33N3O. The van der Waals surface area contributed by atoms with Gasteiger partial charge in [0.2, 0.25) is 0 Å². The molecule has 3 heterocycles. The lowest BCUT2D eigenvalue weighted by molar-refractivity contribution is 0.414. The lowest BCUT2D eigenvalue weighted by atomic mass is 9.86. The number of nitrogens with one attached hydrogen (secondary N) is 2. The van der Waals surface area contributed by atoms with Crippen molar-refractivity contribution in [3.05, 3.63) is 47.4 Å². The summed E-state index contributed by atoms with van der Waals surface area (Å²) in [6.07, 6.45) is 18.0. The van der Waals surface area contributed by atoms with Gasteiger partial charge in [-0.05, 0) is 61.5 Å². The molecule has 4 rings (SSSR count). The van der Waals surface area contributed by atoms with Crippen molar-refractivity contribution >= 4 is 11.8 Å². The van der Waals surface area contributed by atoms with Crippen LogP contribution >= 0.6 is 0 Å². The second-order valence-electron chi connectivity index (χ2n) is 8.27. The number of fused-ring (bicyclic) bond motifs is 1. The van der Waals surface area contributed by atoms with Gasteiger partial charge in [0.25, 0.3) is 0 Å². The number of nitrogens with zero attached hydrogens (tertiary/aromatic N) is 1. The number of hydrogen-bond acceptors (Lipinski definition) is 2. The number of hydrogen-bond donors (Lipinski definition) is 2. The van der Waals surface area contributed by atoms with E-state index >= 15 is 0 Å². The van der Waals surface area contributed by atoms with Crippen molar-refractivity contribution < 1.29 is 4.74 Å². The van der Waals surface area contributed by atoms with E-state index in [4.69, 9.17) is 9.73 Å². The summed E-state index contributed by atoms with van der Waals surface area (Å²) < 4.78 is 5.62. The number of aliphatic imine (C=N–C) groups is 1. The van der Waals surface area contributed by atoms with Gasteiger partial charge in [0.15, 0.2) is 0 Å². The van der Waals surface area contributed by atoms with Gasteiger partial charge in [0.05, 0.1) is 29.9 Å². The van der Waals surface area contributed by atoms with Crippen LogP contribution in [0.3, 0.4) is 0 Å². The van der Waals surface area contributed by atoms with Gasteiger partial charge in [-0.25, -0.2) is 0 Å². The maximum atomic E-state index is 5.62. The van der Waals surface area contributed by atoms with Crippen molar-refractivity contribution in [3.63, 3.8) is 0 Å². The average Bonchev–Trinajstić information content (AvgIpc) is 3.46. The molecule has 1 atom stereocenters. The van der Waals surface area contributed by atoms with Crippen LogP contribution < -0.4 is 4.74 Å². The van der Waals surface area contributed by atoms with E-state index in [0.29, 0.717) is 5.92 Å². The Morgan fingerprint density at radius 2 is 2.10 bits per heavy atom. The van der Waals surface area contributed by atoms with E-state index in [1.165, 1.54) is 62.7 Å². The minimum atomic E-state index is 0.665. The fourth-order valence-electron chi connectivity index (χ4n) is 4.58. The van der Waals surface area contributed by atoms with Gasteiger partial charge in [0, 0.05) is 18.0 Å². The molecule has 0 saturated heterocycles. The Kier molecular flexibility index (Phi) is 6.38. The second kappa shape index (κ2) is 9.34. The molecule has 1 aliphatic heterocycles. The van der Waals surface area contributed by atoms with Crippen molar-refractivity contribution in [2.45, 2.75) is 64.7 Å². The average molecular weight is 392 g/mol. The van der Waals surface area contributed by atoms with Crippen LogP contribution in [0.1, 0.15) is 70.4 Å². The highest BCUT2D eigenvalue weighted by molar-refractivity contribution is 6.04. The van der Waals surface area contributed by atoms with E-state index in [0.717, 1.165) is 34.9 Å². The number of allylic oxidation sites excluding steroid dienone is 2. The molecule has 0 amide bonds. The summed E-state index contributed by atoms with van der Waals surface area (Å²) in [7, 11) is 1.72. The Morgan fingerprint density at radius 1 is 1.21 bits per heavy atom. The molecule has 1 fully saturated rings. The van der Waals surface area contributed by atoms with Crippen LogP contribution in [-0.4, -0.2) is 22.8 Å². The Balaban J connectivity index is 1.65. The van der Waals surface area contributed by atoms with Crippen LogP contribution in [0.4, 0.5) is 0 Å². The normalized spacial score (nSPS) is 21.2.